The van der Waals surface area contributed by atoms with Crippen LogP contribution in [0.15, 0.2) is 48.5 Å². The van der Waals surface area contributed by atoms with E-state index >= 15 is 0 Å². The minimum Gasteiger partial charge on any atom is -0.495 e. The van der Waals surface area contributed by atoms with Gasteiger partial charge in [-0.2, -0.15) is 0 Å². The summed E-state index contributed by atoms with van der Waals surface area (Å²) in [6.07, 6.45) is 0. The Morgan fingerprint density at radius 2 is 1.92 bits per heavy atom. The Kier molecular flexibility index (Phi) is 5.85. The highest BCUT2D eigenvalue weighted by Gasteiger charge is 2.28. The predicted octanol–water partition coefficient (Wildman–Crippen LogP) is 3.29. The van der Waals surface area contributed by atoms with E-state index in [1.165, 1.54) is 14.0 Å². The molecule has 0 aliphatic rings. The second kappa shape index (κ2) is 7.68. The van der Waals surface area contributed by atoms with Gasteiger partial charge in [0.15, 0.2) is 9.84 Å². The van der Waals surface area contributed by atoms with Gasteiger partial charge in [-0.25, -0.2) is 8.42 Å². The molecule has 2 aromatic carbocycles. The van der Waals surface area contributed by atoms with Crippen LogP contribution < -0.4 is 10.1 Å². The molecule has 0 radical (unpaired) electrons. The summed E-state index contributed by atoms with van der Waals surface area (Å²) in [5.74, 6) is -0.402. The van der Waals surface area contributed by atoms with E-state index in [9.17, 15) is 13.2 Å². The highest BCUT2D eigenvalue weighted by Crippen LogP contribution is 2.24. The topological polar surface area (TPSA) is 72.5 Å². The van der Waals surface area contributed by atoms with Crippen molar-refractivity contribution in [3.05, 3.63) is 59.1 Å². The summed E-state index contributed by atoms with van der Waals surface area (Å²) in [6, 6.07) is 13.4. The first-order valence-corrected chi connectivity index (χ1v) is 9.32. The van der Waals surface area contributed by atoms with Crippen LogP contribution in [0.5, 0.6) is 5.75 Å². The van der Waals surface area contributed by atoms with Crippen molar-refractivity contribution in [3.8, 4) is 5.75 Å². The standard InChI is InChI=1S/C17H18ClNO4S/c1-12(17(20)19-15-8-3-4-9-16(15)23-2)24(21,22)11-13-6-5-7-14(18)10-13/h3-10,12H,11H2,1-2H3,(H,19,20). The van der Waals surface area contributed by atoms with Gasteiger partial charge in [0.1, 0.15) is 11.0 Å². The molecule has 1 unspecified atom stereocenters. The van der Waals surface area contributed by atoms with Gasteiger partial charge < -0.3 is 10.1 Å². The monoisotopic (exact) mass is 367 g/mol. The van der Waals surface area contributed by atoms with Crippen LogP contribution in [0.25, 0.3) is 0 Å². The number of anilines is 1. The van der Waals surface area contributed by atoms with Crippen molar-refractivity contribution in [1.29, 1.82) is 0 Å². The van der Waals surface area contributed by atoms with Crippen LogP contribution in [0.4, 0.5) is 5.69 Å². The number of nitrogens with one attached hydrogen (secondary N) is 1. The highest BCUT2D eigenvalue weighted by molar-refractivity contribution is 7.92. The van der Waals surface area contributed by atoms with E-state index in [0.717, 1.165) is 0 Å². The fourth-order valence-corrected chi connectivity index (χ4v) is 3.62. The summed E-state index contributed by atoms with van der Waals surface area (Å²) >= 11 is 5.87. The Bertz CT molecular complexity index is 836. The van der Waals surface area contributed by atoms with Crippen LogP contribution in [0, 0.1) is 0 Å². The average molecular weight is 368 g/mol. The van der Waals surface area contributed by atoms with Crippen LogP contribution in [-0.4, -0.2) is 26.7 Å². The largest absolute Gasteiger partial charge is 0.495 e. The number of halogens is 1. The van der Waals surface area contributed by atoms with Crippen LogP contribution in [0.3, 0.4) is 0 Å². The van der Waals surface area contributed by atoms with Gasteiger partial charge in [0, 0.05) is 5.02 Å². The van der Waals surface area contributed by atoms with Crippen LogP contribution >= 0.6 is 11.6 Å². The minimum atomic E-state index is -3.68. The number of rotatable bonds is 6. The first kappa shape index (κ1) is 18.3. The predicted molar refractivity (Wildman–Crippen MR) is 95.2 cm³/mol. The lowest BCUT2D eigenvalue weighted by atomic mass is 10.2. The van der Waals surface area contributed by atoms with Gasteiger partial charge in [0.2, 0.25) is 5.91 Å². The number of carbonyl (C=O) groups excluding carboxylic acids is 1. The number of carbonyl (C=O) groups is 1. The van der Waals surface area contributed by atoms with Gasteiger partial charge >= 0.3 is 0 Å². The quantitative estimate of drug-likeness (QED) is 0.850. The molecule has 7 heteroatoms. The van der Waals surface area contributed by atoms with Gasteiger partial charge in [-0.05, 0) is 36.8 Å². The molecule has 0 saturated carbocycles. The fourth-order valence-electron chi connectivity index (χ4n) is 2.13. The maximum atomic E-state index is 12.5. The van der Waals surface area contributed by atoms with Crippen molar-refractivity contribution in [1.82, 2.24) is 0 Å². The molecule has 0 spiro atoms. The Hall–Kier alpha value is -2.05. The number of para-hydroxylation sites is 2. The summed E-state index contributed by atoms with van der Waals surface area (Å²) in [4.78, 5) is 12.3. The van der Waals surface area contributed by atoms with E-state index in [1.54, 1.807) is 48.5 Å². The maximum absolute atomic E-state index is 12.5. The van der Waals surface area contributed by atoms with Crippen molar-refractivity contribution in [2.75, 3.05) is 12.4 Å². The van der Waals surface area contributed by atoms with Crippen LogP contribution in [-0.2, 0) is 20.4 Å². The molecule has 1 atom stereocenters. The van der Waals surface area contributed by atoms with Crippen LogP contribution in [0.1, 0.15) is 12.5 Å². The van der Waals surface area contributed by atoms with E-state index in [1.807, 2.05) is 0 Å². The molecule has 5 nitrogen and oxygen atoms in total. The number of hydrogen-bond donors (Lipinski definition) is 1. The summed E-state index contributed by atoms with van der Waals surface area (Å²) < 4.78 is 30.1. The zero-order chi connectivity index (χ0) is 17.7. The third kappa shape index (κ3) is 4.49. The average Bonchev–Trinajstić information content (AvgIpc) is 2.54. The van der Waals surface area contributed by atoms with E-state index < -0.39 is 21.0 Å². The Morgan fingerprint density at radius 1 is 1.21 bits per heavy atom. The first-order chi connectivity index (χ1) is 11.3. The SMILES string of the molecule is COc1ccccc1NC(=O)C(C)S(=O)(=O)Cc1cccc(Cl)c1. The third-order valence-corrected chi connectivity index (χ3v) is 5.79. The molecule has 0 aromatic heterocycles. The summed E-state index contributed by atoms with van der Waals surface area (Å²) in [5, 5.41) is 1.84. The lowest BCUT2D eigenvalue weighted by Gasteiger charge is -2.15. The summed E-state index contributed by atoms with van der Waals surface area (Å²) in [5.41, 5.74) is 0.967. The van der Waals surface area contributed by atoms with Gasteiger partial charge in [0.25, 0.3) is 0 Å². The number of sulfone groups is 1. The number of methoxy groups -OCH3 is 1. The second-order valence-electron chi connectivity index (χ2n) is 5.27. The Morgan fingerprint density at radius 3 is 2.58 bits per heavy atom. The number of ether oxygens (including phenoxy) is 1. The molecule has 2 rings (SSSR count). The van der Waals surface area contributed by atoms with E-state index in [0.29, 0.717) is 22.0 Å². The highest BCUT2D eigenvalue weighted by atomic mass is 35.5. The van der Waals surface area contributed by atoms with Crippen molar-refractivity contribution >= 4 is 33.0 Å². The molecule has 0 aliphatic carbocycles. The van der Waals surface area contributed by atoms with Gasteiger partial charge in [-0.1, -0.05) is 35.9 Å². The lowest BCUT2D eigenvalue weighted by Crippen LogP contribution is -2.33. The molecule has 128 valence electrons. The van der Waals surface area contributed by atoms with Crippen molar-refractivity contribution < 1.29 is 17.9 Å². The van der Waals surface area contributed by atoms with Gasteiger partial charge in [-0.3, -0.25) is 4.79 Å². The van der Waals surface area contributed by atoms with E-state index in [4.69, 9.17) is 16.3 Å². The number of hydrogen-bond acceptors (Lipinski definition) is 4. The molecule has 0 fully saturated rings. The van der Waals surface area contributed by atoms with Gasteiger partial charge in [-0.15, -0.1) is 0 Å². The molecule has 0 heterocycles. The molecule has 0 aliphatic heterocycles. The van der Waals surface area contributed by atoms with Crippen molar-refractivity contribution in [2.24, 2.45) is 0 Å². The molecule has 1 amide bonds. The molecular weight excluding hydrogens is 350 g/mol. The lowest BCUT2D eigenvalue weighted by molar-refractivity contribution is -0.115. The van der Waals surface area contributed by atoms with E-state index in [-0.39, 0.29) is 5.75 Å². The number of amides is 1. The molecule has 24 heavy (non-hydrogen) atoms. The zero-order valence-electron chi connectivity index (χ0n) is 13.3. The second-order valence-corrected chi connectivity index (χ2v) is 8.03. The summed E-state index contributed by atoms with van der Waals surface area (Å²) in [7, 11) is -2.20. The van der Waals surface area contributed by atoms with Gasteiger partial charge in [0.05, 0.1) is 18.6 Å². The third-order valence-electron chi connectivity index (χ3n) is 3.53. The van der Waals surface area contributed by atoms with Crippen LogP contribution in [0.2, 0.25) is 5.02 Å². The Labute approximate surface area is 146 Å². The molecule has 2 aromatic rings. The first-order valence-electron chi connectivity index (χ1n) is 7.23. The maximum Gasteiger partial charge on any atom is 0.242 e. The normalized spacial score (nSPS) is 12.5. The summed E-state index contributed by atoms with van der Waals surface area (Å²) in [6.45, 7) is 1.37. The fraction of sp³-hybridized carbons (Fsp3) is 0.235. The molecule has 1 N–H and O–H groups in total. The molecule has 0 bridgehead atoms. The van der Waals surface area contributed by atoms with E-state index in [2.05, 4.69) is 5.32 Å². The van der Waals surface area contributed by atoms with Crippen molar-refractivity contribution in [2.45, 2.75) is 17.9 Å². The zero-order valence-corrected chi connectivity index (χ0v) is 14.9. The molecular formula is C17H18ClNO4S. The smallest absolute Gasteiger partial charge is 0.242 e. The minimum absolute atomic E-state index is 0.256. The molecule has 0 saturated heterocycles. The van der Waals surface area contributed by atoms with Crippen molar-refractivity contribution in [3.63, 3.8) is 0 Å². The Balaban J connectivity index is 2.14. The number of benzene rings is 2.